The molecule has 0 bridgehead atoms. The molecule has 4 aromatic rings. The van der Waals surface area contributed by atoms with Crippen molar-refractivity contribution in [2.75, 3.05) is 18.1 Å². The van der Waals surface area contributed by atoms with Crippen LogP contribution < -0.4 is 15.3 Å². The zero-order valence-electron chi connectivity index (χ0n) is 18.3. The highest BCUT2D eigenvalue weighted by molar-refractivity contribution is 6.04. The number of aromatic hydroxyl groups is 1. The molecular weight excluding hydrogens is 454 g/mol. The Hall–Kier alpha value is -4.45. The van der Waals surface area contributed by atoms with Crippen molar-refractivity contribution >= 4 is 27.5 Å². The van der Waals surface area contributed by atoms with E-state index in [-0.39, 0.29) is 57.4 Å². The maximum atomic E-state index is 16.1. The highest BCUT2D eigenvalue weighted by Gasteiger charge is 2.32. The highest BCUT2D eigenvalue weighted by Crippen LogP contribution is 2.42. The van der Waals surface area contributed by atoms with Crippen molar-refractivity contribution in [1.82, 2.24) is 15.0 Å². The Morgan fingerprint density at radius 3 is 2.89 bits per heavy atom. The molecule has 2 aromatic heterocycles. The van der Waals surface area contributed by atoms with E-state index in [1.54, 1.807) is 0 Å². The van der Waals surface area contributed by atoms with E-state index in [9.17, 15) is 14.3 Å². The lowest BCUT2D eigenvalue weighted by Crippen LogP contribution is -2.39. The molecular formula is C26H18F2N4O3. The van der Waals surface area contributed by atoms with Crippen molar-refractivity contribution in [2.45, 2.75) is 18.9 Å². The third kappa shape index (κ3) is 3.21. The molecule has 0 unspecified atom stereocenters. The molecule has 0 saturated carbocycles. The number of hydrogen-bond donors (Lipinski definition) is 2. The van der Waals surface area contributed by atoms with E-state index < -0.39 is 17.3 Å². The van der Waals surface area contributed by atoms with E-state index in [0.29, 0.717) is 24.2 Å². The van der Waals surface area contributed by atoms with Crippen molar-refractivity contribution < 1.29 is 18.6 Å². The van der Waals surface area contributed by atoms with Crippen LogP contribution in [0.5, 0.6) is 11.6 Å². The number of nitrogens with zero attached hydrogens (tertiary/aromatic N) is 3. The van der Waals surface area contributed by atoms with E-state index in [1.165, 1.54) is 24.3 Å². The summed E-state index contributed by atoms with van der Waals surface area (Å²) in [6.45, 7) is 0.827. The van der Waals surface area contributed by atoms with Gasteiger partial charge in [0.25, 0.3) is 0 Å². The van der Waals surface area contributed by atoms with E-state index in [2.05, 4.69) is 26.9 Å². The first kappa shape index (κ1) is 21.1. The number of pyridine rings is 1. The second-order valence-corrected chi connectivity index (χ2v) is 8.51. The number of H-pyrrole nitrogens is 1. The minimum absolute atomic E-state index is 0.0765. The predicted octanol–water partition coefficient (Wildman–Crippen LogP) is 4.02. The average Bonchev–Trinajstić information content (AvgIpc) is 3.15. The van der Waals surface area contributed by atoms with Crippen molar-refractivity contribution in [3.05, 3.63) is 64.1 Å². The van der Waals surface area contributed by atoms with E-state index >= 15 is 4.39 Å². The molecule has 4 heterocycles. The number of anilines is 1. The fourth-order valence-corrected chi connectivity index (χ4v) is 4.90. The summed E-state index contributed by atoms with van der Waals surface area (Å²) in [5.41, 5.74) is -1.10. The molecule has 2 aromatic carbocycles. The third-order valence-corrected chi connectivity index (χ3v) is 6.46. The van der Waals surface area contributed by atoms with Gasteiger partial charge in [0, 0.05) is 17.5 Å². The zero-order valence-corrected chi connectivity index (χ0v) is 18.3. The monoisotopic (exact) mass is 472 g/mol. The van der Waals surface area contributed by atoms with Gasteiger partial charge in [0.2, 0.25) is 5.88 Å². The van der Waals surface area contributed by atoms with Gasteiger partial charge in [-0.3, -0.25) is 0 Å². The minimum atomic E-state index is -0.862. The van der Waals surface area contributed by atoms with E-state index in [0.717, 1.165) is 6.42 Å². The molecule has 0 aliphatic carbocycles. The molecule has 0 amide bonds. The van der Waals surface area contributed by atoms with Crippen molar-refractivity contribution in [1.29, 1.82) is 0 Å². The number of hydrogen-bond acceptors (Lipinski definition) is 6. The van der Waals surface area contributed by atoms with Gasteiger partial charge in [-0.05, 0) is 36.4 Å². The van der Waals surface area contributed by atoms with Gasteiger partial charge in [0.15, 0.2) is 5.82 Å². The summed E-state index contributed by atoms with van der Waals surface area (Å²) in [6.07, 6.45) is 11.1. The van der Waals surface area contributed by atoms with Gasteiger partial charge in [0.05, 0.1) is 17.1 Å². The lowest BCUT2D eigenvalue weighted by molar-refractivity contribution is 0.280. The maximum absolute atomic E-state index is 16.1. The van der Waals surface area contributed by atoms with Crippen molar-refractivity contribution in [2.24, 2.45) is 0 Å². The Kier molecular flexibility index (Phi) is 4.71. The summed E-state index contributed by atoms with van der Waals surface area (Å²) in [6, 6.07) is 5.18. The number of benzene rings is 2. The van der Waals surface area contributed by atoms with Crippen LogP contribution in [-0.2, 0) is 0 Å². The molecule has 174 valence electrons. The number of aromatic amines is 1. The Balaban J connectivity index is 1.70. The largest absolute Gasteiger partial charge is 0.508 e. The molecule has 2 aliphatic heterocycles. The summed E-state index contributed by atoms with van der Waals surface area (Å²) in [5.74, 6) is 0.996. The number of fused-ring (bicyclic) bond motifs is 3. The van der Waals surface area contributed by atoms with Gasteiger partial charge < -0.3 is 19.7 Å². The zero-order chi connectivity index (χ0) is 24.3. The molecule has 9 heteroatoms. The van der Waals surface area contributed by atoms with Crippen LogP contribution in [0.4, 0.5) is 14.6 Å². The topological polar surface area (TPSA) is 91.3 Å². The maximum Gasteiger partial charge on any atom is 0.347 e. The molecule has 35 heavy (non-hydrogen) atoms. The summed E-state index contributed by atoms with van der Waals surface area (Å²) in [7, 11) is 0. The third-order valence-electron chi connectivity index (χ3n) is 6.46. The minimum Gasteiger partial charge on any atom is -0.508 e. The first-order valence-corrected chi connectivity index (χ1v) is 11.1. The Morgan fingerprint density at radius 2 is 2.06 bits per heavy atom. The molecule has 0 fully saturated rings. The van der Waals surface area contributed by atoms with Crippen LogP contribution in [0.3, 0.4) is 0 Å². The SMILES string of the molecule is C#Cc1c(F)ccc2cc(O)cc(-c3nc4c5c(nc(=O)[nH]c5c3F)N3CCC=CC[C@H]3CO4)c12. The number of rotatable bonds is 1. The number of halogens is 2. The van der Waals surface area contributed by atoms with Gasteiger partial charge in [-0.25, -0.2) is 18.6 Å². The van der Waals surface area contributed by atoms with Crippen molar-refractivity contribution in [3.8, 4) is 35.2 Å². The summed E-state index contributed by atoms with van der Waals surface area (Å²) in [5, 5.41) is 11.2. The number of nitrogens with one attached hydrogen (secondary N) is 1. The van der Waals surface area contributed by atoms with Gasteiger partial charge in [-0.1, -0.05) is 24.1 Å². The predicted molar refractivity (Wildman–Crippen MR) is 128 cm³/mol. The van der Waals surface area contributed by atoms with Gasteiger partial charge in [0.1, 0.15) is 35.1 Å². The number of ether oxygens (including phenoxy) is 1. The van der Waals surface area contributed by atoms with Crippen LogP contribution in [0.15, 0.2) is 41.2 Å². The molecule has 1 atom stereocenters. The van der Waals surface area contributed by atoms with Crippen LogP contribution in [0, 0.1) is 24.0 Å². The molecule has 2 N–H and O–H groups in total. The Morgan fingerprint density at radius 1 is 1.20 bits per heavy atom. The average molecular weight is 472 g/mol. The first-order valence-electron chi connectivity index (χ1n) is 11.1. The Labute approximate surface area is 197 Å². The van der Waals surface area contributed by atoms with Crippen molar-refractivity contribution in [3.63, 3.8) is 0 Å². The van der Waals surface area contributed by atoms with Crippen LogP contribution in [-0.4, -0.2) is 39.3 Å². The Bertz CT molecular complexity index is 1670. The number of terminal acetylenes is 1. The summed E-state index contributed by atoms with van der Waals surface area (Å²) < 4.78 is 36.7. The smallest absolute Gasteiger partial charge is 0.347 e. The molecule has 0 radical (unpaired) electrons. The second-order valence-electron chi connectivity index (χ2n) is 8.51. The molecule has 7 nitrogen and oxygen atoms in total. The van der Waals surface area contributed by atoms with E-state index in [1.807, 2.05) is 11.0 Å². The van der Waals surface area contributed by atoms with Gasteiger partial charge in [-0.15, -0.1) is 6.42 Å². The molecule has 2 aliphatic rings. The highest BCUT2D eigenvalue weighted by atomic mass is 19.1. The molecule has 0 saturated heterocycles. The standard InChI is InChI=1S/C26H18F2N4O3/c1-2-16-18(27)8-7-13-10-15(33)11-17(19(13)16)22-21(28)23-20-24(31-26(34)30-23)32-9-5-3-4-6-14(32)12-35-25(20)29-22/h1,3-4,7-8,10-11,14,33H,5-6,9,12H2,(H,30,31,34)/t14-/m0/s1. The fraction of sp³-hybridized carbons (Fsp3) is 0.192. The first-order chi connectivity index (χ1) is 17.0. The molecule has 0 spiro atoms. The van der Waals surface area contributed by atoms with Crippen LogP contribution >= 0.6 is 0 Å². The van der Waals surface area contributed by atoms with Gasteiger partial charge in [-0.2, -0.15) is 4.98 Å². The summed E-state index contributed by atoms with van der Waals surface area (Å²) >= 11 is 0. The van der Waals surface area contributed by atoms with Gasteiger partial charge >= 0.3 is 5.69 Å². The van der Waals surface area contributed by atoms with Crippen LogP contribution in [0.25, 0.3) is 32.9 Å². The normalized spacial score (nSPS) is 16.9. The number of phenols is 1. The fourth-order valence-electron chi connectivity index (χ4n) is 4.90. The van der Waals surface area contributed by atoms with Crippen LogP contribution in [0.1, 0.15) is 18.4 Å². The second kappa shape index (κ2) is 7.81. The van der Waals surface area contributed by atoms with Crippen LogP contribution in [0.2, 0.25) is 0 Å². The lowest BCUT2D eigenvalue weighted by atomic mass is 9.95. The quantitative estimate of drug-likeness (QED) is 0.321. The number of aromatic nitrogens is 3. The lowest BCUT2D eigenvalue weighted by Gasteiger charge is -2.28. The number of phenolic OH excluding ortho intramolecular Hbond substituents is 1. The molecule has 6 rings (SSSR count). The summed E-state index contributed by atoms with van der Waals surface area (Å²) in [4.78, 5) is 25.6. The van der Waals surface area contributed by atoms with E-state index in [4.69, 9.17) is 11.2 Å².